The standard InChI is InChI=1S/C32H29FNOSi/c1-20-13-16-24-25-19-27(36(3,4)5)30(33)29(23-15-14-21-10-6-7-11-22(21)18-23)32(25)35-31(24)28(20)26-12-8-9-17-34(26)2/h6-19H,1-5H3/q+1. The molecule has 6 rings (SSSR count). The average Bonchev–Trinajstić information content (AvgIpc) is 3.21. The van der Waals surface area contributed by atoms with Crippen LogP contribution in [0.1, 0.15) is 5.56 Å². The number of hydrogen-bond donors (Lipinski definition) is 0. The minimum atomic E-state index is -1.99. The van der Waals surface area contributed by atoms with E-state index in [0.29, 0.717) is 11.1 Å². The second kappa shape index (κ2) is 8.14. The van der Waals surface area contributed by atoms with Crippen molar-refractivity contribution < 1.29 is 13.4 Å². The van der Waals surface area contributed by atoms with E-state index in [0.717, 1.165) is 54.7 Å². The Morgan fingerprint density at radius 1 is 0.750 bits per heavy atom. The number of pyridine rings is 1. The predicted molar refractivity (Wildman–Crippen MR) is 151 cm³/mol. The van der Waals surface area contributed by atoms with E-state index in [4.69, 9.17) is 4.42 Å². The minimum absolute atomic E-state index is 0.153. The van der Waals surface area contributed by atoms with Gasteiger partial charge in [-0.1, -0.05) is 68.2 Å². The van der Waals surface area contributed by atoms with Crippen molar-refractivity contribution in [2.45, 2.75) is 26.6 Å². The first-order valence-electron chi connectivity index (χ1n) is 12.4. The molecule has 36 heavy (non-hydrogen) atoms. The number of halogens is 1. The first kappa shape index (κ1) is 22.7. The van der Waals surface area contributed by atoms with Gasteiger partial charge in [0.2, 0.25) is 5.69 Å². The third-order valence-electron chi connectivity index (χ3n) is 7.23. The maximum atomic E-state index is 16.5. The van der Waals surface area contributed by atoms with Crippen molar-refractivity contribution >= 4 is 46.0 Å². The molecule has 2 aromatic heterocycles. The van der Waals surface area contributed by atoms with Gasteiger partial charge in [-0.15, -0.1) is 0 Å². The van der Waals surface area contributed by atoms with Crippen LogP contribution >= 0.6 is 0 Å². The van der Waals surface area contributed by atoms with Crippen molar-refractivity contribution in [2.24, 2.45) is 7.05 Å². The Balaban J connectivity index is 1.77. The molecule has 0 fully saturated rings. The third kappa shape index (κ3) is 3.48. The number of rotatable bonds is 3. The Hall–Kier alpha value is -3.76. The van der Waals surface area contributed by atoms with Gasteiger partial charge in [0.25, 0.3) is 0 Å². The van der Waals surface area contributed by atoms with Crippen LogP contribution in [0.15, 0.2) is 89.5 Å². The van der Waals surface area contributed by atoms with Gasteiger partial charge in [0.1, 0.15) is 24.0 Å². The second-order valence-electron chi connectivity index (χ2n) is 10.7. The lowest BCUT2D eigenvalue weighted by molar-refractivity contribution is -0.660. The molecule has 0 unspecified atom stereocenters. The van der Waals surface area contributed by atoms with Gasteiger partial charge in [0.15, 0.2) is 6.20 Å². The van der Waals surface area contributed by atoms with Crippen LogP contribution in [-0.2, 0) is 7.05 Å². The van der Waals surface area contributed by atoms with Gasteiger partial charge in [-0.25, -0.2) is 8.96 Å². The summed E-state index contributed by atoms with van der Waals surface area (Å²) in [6.07, 6.45) is 2.04. The van der Waals surface area contributed by atoms with Gasteiger partial charge in [0, 0.05) is 22.9 Å². The average molecular weight is 491 g/mol. The van der Waals surface area contributed by atoms with Crippen LogP contribution in [0.5, 0.6) is 0 Å². The van der Waals surface area contributed by atoms with Crippen molar-refractivity contribution in [1.29, 1.82) is 0 Å². The number of aryl methyl sites for hydroxylation is 2. The third-order valence-corrected chi connectivity index (χ3v) is 9.21. The Kier molecular flexibility index (Phi) is 5.13. The fraction of sp³-hybridized carbons (Fsp3) is 0.156. The van der Waals surface area contributed by atoms with Crippen molar-refractivity contribution in [2.75, 3.05) is 0 Å². The van der Waals surface area contributed by atoms with Gasteiger partial charge in [-0.2, -0.15) is 0 Å². The summed E-state index contributed by atoms with van der Waals surface area (Å²) in [6, 6.07) is 26.9. The smallest absolute Gasteiger partial charge is 0.216 e. The Bertz CT molecular complexity index is 1810. The molecule has 0 amide bonds. The lowest BCUT2D eigenvalue weighted by atomic mass is 9.97. The highest BCUT2D eigenvalue weighted by Gasteiger charge is 2.29. The summed E-state index contributed by atoms with van der Waals surface area (Å²) < 4.78 is 25.2. The van der Waals surface area contributed by atoms with Crippen LogP contribution in [-0.4, -0.2) is 8.07 Å². The fourth-order valence-electron chi connectivity index (χ4n) is 5.30. The van der Waals surface area contributed by atoms with Crippen LogP contribution in [0.3, 0.4) is 0 Å². The SMILES string of the molecule is Cc1ccc2c(oc3c(-c4ccc5ccccc5c4)c(F)c([Si](C)(C)C)cc32)c1-c1cccc[n+]1C. The predicted octanol–water partition coefficient (Wildman–Crippen LogP) is 7.89. The molecule has 0 saturated heterocycles. The lowest BCUT2D eigenvalue weighted by Gasteiger charge is -2.20. The Morgan fingerprint density at radius 2 is 1.47 bits per heavy atom. The highest BCUT2D eigenvalue weighted by Crippen LogP contribution is 2.42. The molecule has 0 N–H and O–H groups in total. The molecule has 0 aliphatic rings. The molecule has 0 saturated carbocycles. The van der Waals surface area contributed by atoms with Crippen LogP contribution in [0.25, 0.3) is 55.1 Å². The van der Waals surface area contributed by atoms with Crippen molar-refractivity contribution in [3.63, 3.8) is 0 Å². The van der Waals surface area contributed by atoms with Gasteiger partial charge >= 0.3 is 0 Å². The molecule has 4 heteroatoms. The molecule has 0 aliphatic carbocycles. The number of hydrogen-bond acceptors (Lipinski definition) is 1. The molecule has 6 aromatic rings. The van der Waals surface area contributed by atoms with E-state index < -0.39 is 8.07 Å². The zero-order chi connectivity index (χ0) is 25.2. The molecule has 2 nitrogen and oxygen atoms in total. The van der Waals surface area contributed by atoms with Gasteiger partial charge < -0.3 is 4.42 Å². The first-order chi connectivity index (χ1) is 17.2. The summed E-state index contributed by atoms with van der Waals surface area (Å²) in [5, 5.41) is 5.05. The summed E-state index contributed by atoms with van der Waals surface area (Å²) in [7, 11) is 0.0495. The van der Waals surface area contributed by atoms with Crippen LogP contribution in [0.4, 0.5) is 4.39 Å². The summed E-state index contributed by atoms with van der Waals surface area (Å²) in [5.74, 6) is -0.153. The molecular weight excluding hydrogens is 461 g/mol. The molecule has 178 valence electrons. The van der Waals surface area contributed by atoms with Crippen LogP contribution in [0, 0.1) is 12.7 Å². The molecule has 2 heterocycles. The molecule has 0 atom stereocenters. The van der Waals surface area contributed by atoms with E-state index in [1.165, 1.54) is 0 Å². The normalized spacial score (nSPS) is 12.2. The maximum Gasteiger partial charge on any atom is 0.216 e. The van der Waals surface area contributed by atoms with Gasteiger partial charge in [0.05, 0.1) is 19.2 Å². The quantitative estimate of drug-likeness (QED) is 0.182. The molecular formula is C32H29FNOSi+. The van der Waals surface area contributed by atoms with Crippen LogP contribution < -0.4 is 9.75 Å². The molecule has 0 spiro atoms. The topological polar surface area (TPSA) is 17.0 Å². The number of aromatic nitrogens is 1. The largest absolute Gasteiger partial charge is 0.454 e. The van der Waals surface area contributed by atoms with E-state index in [1.54, 1.807) is 0 Å². The van der Waals surface area contributed by atoms with Crippen molar-refractivity contribution in [3.8, 4) is 22.4 Å². The number of fused-ring (bicyclic) bond motifs is 4. The fourth-order valence-corrected chi connectivity index (χ4v) is 6.66. The van der Waals surface area contributed by atoms with E-state index >= 15 is 4.39 Å². The highest BCUT2D eigenvalue weighted by molar-refractivity contribution is 6.89. The number of furan rings is 1. The van der Waals surface area contributed by atoms with Gasteiger partial charge in [-0.05, 0) is 52.2 Å². The molecule has 0 bridgehead atoms. The highest BCUT2D eigenvalue weighted by atomic mass is 28.3. The van der Waals surface area contributed by atoms with Crippen molar-refractivity contribution in [3.05, 3.63) is 96.4 Å². The van der Waals surface area contributed by atoms with Crippen LogP contribution in [0.2, 0.25) is 19.6 Å². The summed E-state index contributed by atoms with van der Waals surface area (Å²) in [6.45, 7) is 8.70. The summed E-state index contributed by atoms with van der Waals surface area (Å²) >= 11 is 0. The molecule has 0 radical (unpaired) electrons. The Morgan fingerprint density at radius 3 is 2.22 bits per heavy atom. The maximum absolute atomic E-state index is 16.5. The Labute approximate surface area is 211 Å². The second-order valence-corrected chi connectivity index (χ2v) is 15.8. The molecule has 0 aliphatic heterocycles. The summed E-state index contributed by atoms with van der Waals surface area (Å²) in [4.78, 5) is 0. The lowest BCUT2D eigenvalue weighted by Crippen LogP contribution is -2.40. The number of nitrogens with zero attached hydrogens (tertiary/aromatic N) is 1. The van der Waals surface area contributed by atoms with Crippen molar-refractivity contribution in [1.82, 2.24) is 0 Å². The number of benzene rings is 4. The van der Waals surface area contributed by atoms with E-state index in [1.807, 2.05) is 43.6 Å². The molecule has 4 aromatic carbocycles. The summed E-state index contributed by atoms with van der Waals surface area (Å²) in [5.41, 5.74) is 6.07. The van der Waals surface area contributed by atoms with E-state index in [2.05, 4.69) is 79.7 Å². The zero-order valence-electron chi connectivity index (χ0n) is 21.3. The monoisotopic (exact) mass is 490 g/mol. The first-order valence-corrected chi connectivity index (χ1v) is 15.9. The van der Waals surface area contributed by atoms with Gasteiger partial charge in [-0.3, -0.25) is 0 Å². The zero-order valence-corrected chi connectivity index (χ0v) is 22.3. The van der Waals surface area contributed by atoms with E-state index in [9.17, 15) is 0 Å². The minimum Gasteiger partial charge on any atom is -0.454 e. The van der Waals surface area contributed by atoms with E-state index in [-0.39, 0.29) is 5.82 Å².